The van der Waals surface area contributed by atoms with E-state index in [-0.39, 0.29) is 29.0 Å². The van der Waals surface area contributed by atoms with Crippen LogP contribution < -0.4 is 10.2 Å². The molecule has 0 saturated carbocycles. The van der Waals surface area contributed by atoms with Crippen LogP contribution in [0.1, 0.15) is 32.5 Å². The number of nitrogens with zero attached hydrogens (tertiary/aromatic N) is 6. The zero-order chi connectivity index (χ0) is 27.1. The first-order valence-electron chi connectivity index (χ1n) is 12.3. The van der Waals surface area contributed by atoms with E-state index in [0.717, 1.165) is 16.3 Å². The maximum absolute atomic E-state index is 13.6. The van der Waals surface area contributed by atoms with Gasteiger partial charge in [-0.15, -0.1) is 16.7 Å². The van der Waals surface area contributed by atoms with Gasteiger partial charge in [-0.05, 0) is 23.1 Å². The molecule has 12 heteroatoms. The van der Waals surface area contributed by atoms with Crippen LogP contribution in [0.4, 0.5) is 11.4 Å². The van der Waals surface area contributed by atoms with E-state index >= 15 is 0 Å². The molecule has 198 valence electrons. The van der Waals surface area contributed by atoms with Gasteiger partial charge in [-0.25, -0.2) is 9.67 Å². The molecule has 2 N–H and O–H groups in total. The first-order chi connectivity index (χ1) is 19.0. The molecule has 2 amide bonds. The average Bonchev–Trinajstić information content (AvgIpc) is 3.68. The molecule has 4 heterocycles. The minimum absolute atomic E-state index is 0.0811. The number of hydrogen-bond acceptors (Lipinski definition) is 7. The number of amides is 2. The third-order valence-corrected chi connectivity index (χ3v) is 7.17. The number of halogens is 1. The number of nitrogens with one attached hydrogen (secondary N) is 1. The average molecular weight is 546 g/mol. The standard InChI is InChI=1S/C27H24ClN7O4/c1-39-9-8-34-15-20(31-32-34)26(37)29-17-6-7-24-30-21(14-33(24)13-17)27(38)35-12-16(11-28)25-19-5-3-2-4-18(19)23(36)10-22(25)35/h2-7,10,13-16,36H,8-9,11-12H2,1H3,(H,29,37)/t16-/m1/s1. The number of methoxy groups -OCH3 is 1. The number of benzene rings is 2. The summed E-state index contributed by atoms with van der Waals surface area (Å²) >= 11 is 6.31. The zero-order valence-electron chi connectivity index (χ0n) is 20.9. The van der Waals surface area contributed by atoms with Crippen LogP contribution >= 0.6 is 11.6 Å². The van der Waals surface area contributed by atoms with Gasteiger partial charge in [0.2, 0.25) is 0 Å². The van der Waals surface area contributed by atoms with Crippen molar-refractivity contribution in [1.29, 1.82) is 0 Å². The maximum atomic E-state index is 13.6. The number of phenolic OH excluding ortho intramolecular Hbond substituents is 1. The molecule has 0 aliphatic carbocycles. The second-order valence-electron chi connectivity index (χ2n) is 9.26. The number of hydrogen-bond donors (Lipinski definition) is 2. The zero-order valence-corrected chi connectivity index (χ0v) is 21.7. The summed E-state index contributed by atoms with van der Waals surface area (Å²) < 4.78 is 8.22. The number of carbonyl (C=O) groups is 2. The van der Waals surface area contributed by atoms with Crippen molar-refractivity contribution in [2.24, 2.45) is 0 Å². The van der Waals surface area contributed by atoms with Crippen molar-refractivity contribution >= 4 is 51.2 Å². The molecular weight excluding hydrogens is 522 g/mol. The third kappa shape index (κ3) is 4.45. The SMILES string of the molecule is COCCn1cc(C(=O)Nc2ccc3nc(C(=O)N4C[C@@H](CCl)c5c4cc(O)c4ccccc54)cn3c2)nn1. The van der Waals surface area contributed by atoms with Crippen LogP contribution in [-0.4, -0.2) is 67.4 Å². The highest BCUT2D eigenvalue weighted by Gasteiger charge is 2.35. The number of pyridine rings is 1. The number of phenols is 1. The second kappa shape index (κ2) is 10.0. The third-order valence-electron chi connectivity index (χ3n) is 6.80. The molecule has 1 atom stereocenters. The quantitative estimate of drug-likeness (QED) is 0.299. The molecule has 0 radical (unpaired) electrons. The molecule has 39 heavy (non-hydrogen) atoms. The highest BCUT2D eigenvalue weighted by molar-refractivity contribution is 6.19. The molecule has 11 nitrogen and oxygen atoms in total. The number of alkyl halides is 1. The van der Waals surface area contributed by atoms with Crippen molar-refractivity contribution in [2.75, 3.05) is 36.4 Å². The van der Waals surface area contributed by atoms with Crippen molar-refractivity contribution in [3.8, 4) is 5.75 Å². The van der Waals surface area contributed by atoms with Crippen LogP contribution in [0.2, 0.25) is 0 Å². The van der Waals surface area contributed by atoms with Crippen molar-refractivity contribution < 1.29 is 19.4 Å². The van der Waals surface area contributed by atoms with Crippen LogP contribution in [0.15, 0.2) is 61.1 Å². The Bertz CT molecular complexity index is 1730. The molecule has 0 spiro atoms. The molecule has 0 unspecified atom stereocenters. The summed E-state index contributed by atoms with van der Waals surface area (Å²) in [5, 5.41) is 22.9. The summed E-state index contributed by atoms with van der Waals surface area (Å²) in [6, 6.07) is 12.6. The Labute approximate surface area is 227 Å². The van der Waals surface area contributed by atoms with Crippen molar-refractivity contribution in [2.45, 2.75) is 12.5 Å². The van der Waals surface area contributed by atoms with Gasteiger partial charge in [0.25, 0.3) is 11.8 Å². The van der Waals surface area contributed by atoms with Gasteiger partial charge in [0.1, 0.15) is 17.1 Å². The number of anilines is 2. The van der Waals surface area contributed by atoms with E-state index in [1.807, 2.05) is 24.3 Å². The summed E-state index contributed by atoms with van der Waals surface area (Å²) in [5.41, 5.74) is 3.01. The number of ether oxygens (including phenoxy) is 1. The fourth-order valence-electron chi connectivity index (χ4n) is 4.94. The van der Waals surface area contributed by atoms with Crippen LogP contribution in [0.5, 0.6) is 5.75 Å². The van der Waals surface area contributed by atoms with E-state index in [0.29, 0.717) is 42.6 Å². The minimum atomic E-state index is -0.415. The molecule has 0 fully saturated rings. The van der Waals surface area contributed by atoms with Gasteiger partial charge in [0.05, 0.1) is 30.7 Å². The summed E-state index contributed by atoms with van der Waals surface area (Å²) in [6.45, 7) is 1.32. The topological polar surface area (TPSA) is 127 Å². The molecule has 1 aliphatic heterocycles. The number of aromatic nitrogens is 5. The molecule has 5 aromatic rings. The number of fused-ring (bicyclic) bond motifs is 4. The van der Waals surface area contributed by atoms with Crippen molar-refractivity contribution in [1.82, 2.24) is 24.4 Å². The van der Waals surface area contributed by atoms with Gasteiger partial charge in [-0.3, -0.25) is 9.59 Å². The molecule has 0 saturated heterocycles. The lowest BCUT2D eigenvalue weighted by atomic mass is 9.95. The smallest absolute Gasteiger partial charge is 0.278 e. The molecule has 1 aliphatic rings. The maximum Gasteiger partial charge on any atom is 0.278 e. The van der Waals surface area contributed by atoms with Gasteiger partial charge in [-0.1, -0.05) is 29.5 Å². The first-order valence-corrected chi connectivity index (χ1v) is 12.8. The Balaban J connectivity index is 1.26. The molecule has 0 bridgehead atoms. The minimum Gasteiger partial charge on any atom is -0.507 e. The van der Waals surface area contributed by atoms with E-state index in [9.17, 15) is 14.7 Å². The van der Waals surface area contributed by atoms with E-state index < -0.39 is 5.91 Å². The summed E-state index contributed by atoms with van der Waals surface area (Å²) in [7, 11) is 1.59. The summed E-state index contributed by atoms with van der Waals surface area (Å²) in [4.78, 5) is 32.4. The van der Waals surface area contributed by atoms with Crippen molar-refractivity contribution in [3.05, 3.63) is 78.0 Å². The van der Waals surface area contributed by atoms with E-state index in [4.69, 9.17) is 16.3 Å². The molecular formula is C27H24ClN7O4. The Morgan fingerprint density at radius 3 is 2.74 bits per heavy atom. The fourth-order valence-corrected chi connectivity index (χ4v) is 5.20. The predicted molar refractivity (Wildman–Crippen MR) is 146 cm³/mol. The number of rotatable bonds is 7. The number of carbonyl (C=O) groups excluding carboxylic acids is 2. The van der Waals surface area contributed by atoms with Crippen LogP contribution in [0.3, 0.4) is 0 Å². The summed E-state index contributed by atoms with van der Waals surface area (Å²) in [5.74, 6) is -0.364. The Kier molecular flexibility index (Phi) is 6.37. The lowest BCUT2D eigenvalue weighted by Crippen LogP contribution is -2.30. The number of imidazole rings is 1. The molecule has 6 rings (SSSR count). The number of aromatic hydroxyl groups is 1. The Morgan fingerprint density at radius 1 is 1.13 bits per heavy atom. The van der Waals surface area contributed by atoms with Gasteiger partial charge >= 0.3 is 0 Å². The van der Waals surface area contributed by atoms with Crippen LogP contribution in [0, 0.1) is 0 Å². The highest BCUT2D eigenvalue weighted by Crippen LogP contribution is 2.45. The van der Waals surface area contributed by atoms with E-state index in [2.05, 4.69) is 20.6 Å². The monoisotopic (exact) mass is 545 g/mol. The van der Waals surface area contributed by atoms with E-state index in [1.165, 1.54) is 4.68 Å². The van der Waals surface area contributed by atoms with Gasteiger partial charge < -0.3 is 24.5 Å². The first kappa shape index (κ1) is 24.8. The lowest BCUT2D eigenvalue weighted by Gasteiger charge is -2.17. The second-order valence-corrected chi connectivity index (χ2v) is 9.57. The van der Waals surface area contributed by atoms with Crippen LogP contribution in [0.25, 0.3) is 16.4 Å². The predicted octanol–water partition coefficient (Wildman–Crippen LogP) is 3.67. The van der Waals surface area contributed by atoms with Gasteiger partial charge in [-0.2, -0.15) is 0 Å². The normalized spacial score (nSPS) is 14.7. The highest BCUT2D eigenvalue weighted by atomic mass is 35.5. The largest absolute Gasteiger partial charge is 0.507 e. The molecule has 3 aromatic heterocycles. The van der Waals surface area contributed by atoms with Gasteiger partial charge in [0.15, 0.2) is 5.69 Å². The fraction of sp³-hybridized carbons (Fsp3) is 0.222. The lowest BCUT2D eigenvalue weighted by molar-refractivity contribution is 0.0982. The Hall–Kier alpha value is -4.48. The molecule has 2 aromatic carbocycles. The Morgan fingerprint density at radius 2 is 1.95 bits per heavy atom. The van der Waals surface area contributed by atoms with Crippen molar-refractivity contribution in [3.63, 3.8) is 0 Å². The summed E-state index contributed by atoms with van der Waals surface area (Å²) in [6.07, 6.45) is 4.83. The van der Waals surface area contributed by atoms with Crippen LogP contribution in [-0.2, 0) is 11.3 Å². The van der Waals surface area contributed by atoms with Gasteiger partial charge in [0, 0.05) is 49.3 Å². The van der Waals surface area contributed by atoms with E-state index in [1.54, 1.807) is 53.2 Å².